The largest absolute Gasteiger partial charge is 0.478 e. The van der Waals surface area contributed by atoms with Crippen molar-refractivity contribution in [3.8, 4) is 0 Å². The fraction of sp³-hybridized carbons (Fsp3) is 0.417. The van der Waals surface area contributed by atoms with E-state index in [1.54, 1.807) is 0 Å². The molecule has 94 valence electrons. The summed E-state index contributed by atoms with van der Waals surface area (Å²) in [5.74, 6) is -2.01. The van der Waals surface area contributed by atoms with E-state index >= 15 is 0 Å². The Balaban J connectivity index is 3.05. The first-order chi connectivity index (χ1) is 7.97. The molecule has 1 aromatic rings. The third-order valence-electron chi connectivity index (χ3n) is 2.57. The molecule has 0 aromatic heterocycles. The van der Waals surface area contributed by atoms with Crippen molar-refractivity contribution in [2.75, 3.05) is 11.9 Å². The van der Waals surface area contributed by atoms with Gasteiger partial charge in [-0.3, -0.25) is 0 Å². The molecule has 0 aliphatic heterocycles. The van der Waals surface area contributed by atoms with Crippen LogP contribution in [0.1, 0.15) is 24.2 Å². The lowest BCUT2D eigenvalue weighted by atomic mass is 10.0. The van der Waals surface area contributed by atoms with Gasteiger partial charge in [0.25, 0.3) is 0 Å². The molecule has 1 atom stereocenters. The first-order valence-corrected chi connectivity index (χ1v) is 5.36. The number of carbonyl (C=O) groups is 1. The number of aliphatic hydroxyl groups is 1. The van der Waals surface area contributed by atoms with E-state index in [4.69, 9.17) is 10.2 Å². The number of aromatic carboxylic acids is 1. The van der Waals surface area contributed by atoms with Crippen LogP contribution in [0.4, 0.5) is 10.1 Å². The Labute approximate surface area is 99.1 Å². The van der Waals surface area contributed by atoms with Crippen molar-refractivity contribution in [1.82, 2.24) is 0 Å². The third kappa shape index (κ3) is 3.17. The van der Waals surface area contributed by atoms with E-state index in [2.05, 4.69) is 5.32 Å². The van der Waals surface area contributed by atoms with Crippen molar-refractivity contribution >= 4 is 11.7 Å². The van der Waals surface area contributed by atoms with Gasteiger partial charge in [0.1, 0.15) is 11.4 Å². The normalized spacial score (nSPS) is 12.5. The maximum atomic E-state index is 13.4. The van der Waals surface area contributed by atoms with E-state index in [-0.39, 0.29) is 24.3 Å². The minimum atomic E-state index is -1.33. The molecule has 3 N–H and O–H groups in total. The highest BCUT2D eigenvalue weighted by Crippen LogP contribution is 2.21. The quantitative estimate of drug-likeness (QED) is 0.737. The van der Waals surface area contributed by atoms with Gasteiger partial charge in [-0.2, -0.15) is 0 Å². The second-order valence-corrected chi connectivity index (χ2v) is 4.14. The molecular weight excluding hydrogens is 225 g/mol. The Morgan fingerprint density at radius 3 is 2.59 bits per heavy atom. The average molecular weight is 241 g/mol. The number of benzene rings is 1. The van der Waals surface area contributed by atoms with Gasteiger partial charge in [-0.15, -0.1) is 0 Å². The maximum absolute atomic E-state index is 13.4. The topological polar surface area (TPSA) is 69.6 Å². The zero-order chi connectivity index (χ0) is 13.0. The van der Waals surface area contributed by atoms with E-state index in [0.717, 1.165) is 6.07 Å². The average Bonchev–Trinajstić information content (AvgIpc) is 2.24. The summed E-state index contributed by atoms with van der Waals surface area (Å²) in [6, 6.07) is 3.70. The highest BCUT2D eigenvalue weighted by molar-refractivity contribution is 5.94. The van der Waals surface area contributed by atoms with Crippen LogP contribution >= 0.6 is 0 Å². The van der Waals surface area contributed by atoms with Gasteiger partial charge in [-0.25, -0.2) is 9.18 Å². The van der Waals surface area contributed by atoms with E-state index in [0.29, 0.717) is 0 Å². The van der Waals surface area contributed by atoms with E-state index in [9.17, 15) is 9.18 Å². The Morgan fingerprint density at radius 2 is 2.12 bits per heavy atom. The molecule has 0 saturated carbocycles. The van der Waals surface area contributed by atoms with Crippen molar-refractivity contribution in [1.29, 1.82) is 0 Å². The molecule has 0 heterocycles. The number of hydrogen-bond acceptors (Lipinski definition) is 3. The second kappa shape index (κ2) is 5.63. The molecule has 1 rings (SSSR count). The lowest BCUT2D eigenvalue weighted by molar-refractivity contribution is 0.0692. The van der Waals surface area contributed by atoms with Crippen LogP contribution in [-0.4, -0.2) is 28.8 Å². The van der Waals surface area contributed by atoms with Crippen LogP contribution < -0.4 is 5.32 Å². The first kappa shape index (κ1) is 13.4. The van der Waals surface area contributed by atoms with Crippen LogP contribution in [0, 0.1) is 11.7 Å². The summed E-state index contributed by atoms with van der Waals surface area (Å²) >= 11 is 0. The Bertz CT molecular complexity index is 407. The van der Waals surface area contributed by atoms with Gasteiger partial charge in [0, 0.05) is 0 Å². The molecule has 4 nitrogen and oxygen atoms in total. The summed E-state index contributed by atoms with van der Waals surface area (Å²) in [6.45, 7) is 3.62. The summed E-state index contributed by atoms with van der Waals surface area (Å²) in [6.07, 6.45) is 0. The van der Waals surface area contributed by atoms with Crippen molar-refractivity contribution in [3.05, 3.63) is 29.6 Å². The number of carboxylic acids is 1. The molecule has 0 aliphatic carbocycles. The van der Waals surface area contributed by atoms with Crippen LogP contribution in [-0.2, 0) is 0 Å². The molecule has 0 radical (unpaired) electrons. The maximum Gasteiger partial charge on any atom is 0.340 e. The molecule has 0 saturated heterocycles. The number of hydrogen-bond donors (Lipinski definition) is 3. The number of rotatable bonds is 5. The lowest BCUT2D eigenvalue weighted by Crippen LogP contribution is -2.30. The zero-order valence-corrected chi connectivity index (χ0v) is 9.77. The molecule has 1 unspecified atom stereocenters. The number of carboxylic acid groups (broad SMARTS) is 1. The number of nitrogens with one attached hydrogen (secondary N) is 1. The minimum Gasteiger partial charge on any atom is -0.478 e. The zero-order valence-electron chi connectivity index (χ0n) is 9.77. The second-order valence-electron chi connectivity index (χ2n) is 4.14. The molecule has 0 fully saturated rings. The SMILES string of the molecule is CC(C)C(CO)Nc1cccc(F)c1C(=O)O. The summed E-state index contributed by atoms with van der Waals surface area (Å²) in [7, 11) is 0. The van der Waals surface area contributed by atoms with Crippen LogP contribution in [0.3, 0.4) is 0 Å². The predicted molar refractivity (Wildman–Crippen MR) is 62.7 cm³/mol. The fourth-order valence-corrected chi connectivity index (χ4v) is 1.48. The number of aliphatic hydroxyl groups excluding tert-OH is 1. The predicted octanol–water partition coefficient (Wildman–Crippen LogP) is 1.95. The molecule has 1 aromatic carbocycles. The summed E-state index contributed by atoms with van der Waals surface area (Å²) in [4.78, 5) is 10.9. The van der Waals surface area contributed by atoms with Gasteiger partial charge < -0.3 is 15.5 Å². The molecule has 0 amide bonds. The minimum absolute atomic E-state index is 0.102. The molecule has 17 heavy (non-hydrogen) atoms. The molecule has 0 spiro atoms. The monoisotopic (exact) mass is 241 g/mol. The summed E-state index contributed by atoms with van der Waals surface area (Å²) in [5, 5.41) is 20.9. The van der Waals surface area contributed by atoms with Gasteiger partial charge in [-0.05, 0) is 18.1 Å². The van der Waals surface area contributed by atoms with Gasteiger partial charge in [-0.1, -0.05) is 19.9 Å². The van der Waals surface area contributed by atoms with Gasteiger partial charge in [0.2, 0.25) is 0 Å². The Hall–Kier alpha value is -1.62. The van der Waals surface area contributed by atoms with E-state index in [1.807, 2.05) is 13.8 Å². The smallest absolute Gasteiger partial charge is 0.340 e. The fourth-order valence-electron chi connectivity index (χ4n) is 1.48. The van der Waals surface area contributed by atoms with Crippen molar-refractivity contribution in [2.24, 2.45) is 5.92 Å². The van der Waals surface area contributed by atoms with Crippen molar-refractivity contribution < 1.29 is 19.4 Å². The van der Waals surface area contributed by atoms with Crippen LogP contribution in [0.25, 0.3) is 0 Å². The highest BCUT2D eigenvalue weighted by atomic mass is 19.1. The molecule has 0 aliphatic rings. The van der Waals surface area contributed by atoms with Gasteiger partial charge >= 0.3 is 5.97 Å². The lowest BCUT2D eigenvalue weighted by Gasteiger charge is -2.22. The molecule has 0 bridgehead atoms. The Kier molecular flexibility index (Phi) is 4.45. The van der Waals surface area contributed by atoms with E-state index < -0.39 is 17.3 Å². The van der Waals surface area contributed by atoms with Crippen molar-refractivity contribution in [3.63, 3.8) is 0 Å². The van der Waals surface area contributed by atoms with Gasteiger partial charge in [0.05, 0.1) is 18.3 Å². The highest BCUT2D eigenvalue weighted by Gasteiger charge is 2.19. The summed E-state index contributed by atoms with van der Waals surface area (Å²) in [5.41, 5.74) is -0.211. The third-order valence-corrected chi connectivity index (χ3v) is 2.57. The van der Waals surface area contributed by atoms with E-state index in [1.165, 1.54) is 12.1 Å². The van der Waals surface area contributed by atoms with Crippen LogP contribution in [0.15, 0.2) is 18.2 Å². The first-order valence-electron chi connectivity index (χ1n) is 5.36. The standard InChI is InChI=1S/C12H16FNO3/c1-7(2)10(6-15)14-9-5-3-4-8(13)11(9)12(16)17/h3-5,7,10,14-15H,6H2,1-2H3,(H,16,17). The summed E-state index contributed by atoms with van der Waals surface area (Å²) < 4.78 is 13.4. The number of halogens is 1. The molecule has 5 heteroatoms. The van der Waals surface area contributed by atoms with Crippen molar-refractivity contribution in [2.45, 2.75) is 19.9 Å². The van der Waals surface area contributed by atoms with Gasteiger partial charge in [0.15, 0.2) is 0 Å². The Morgan fingerprint density at radius 1 is 1.47 bits per heavy atom. The van der Waals surface area contributed by atoms with Crippen LogP contribution in [0.2, 0.25) is 0 Å². The van der Waals surface area contributed by atoms with Crippen LogP contribution in [0.5, 0.6) is 0 Å². The number of anilines is 1. The molecular formula is C12H16FNO3.